The molecule has 0 spiro atoms. The number of aliphatic hydroxyl groups is 2. The Balaban J connectivity index is 2.85. The molecule has 0 radical (unpaired) electrons. The first-order chi connectivity index (χ1) is 10.5. The van der Waals surface area contributed by atoms with Crippen molar-refractivity contribution in [2.45, 2.75) is 24.3 Å². The average Bonchev–Trinajstić information content (AvgIpc) is 2.51. The highest BCUT2D eigenvalue weighted by molar-refractivity contribution is 9.14. The molecule has 2 nitrogen and oxygen atoms in total. The van der Waals surface area contributed by atoms with Crippen molar-refractivity contribution in [3.63, 3.8) is 0 Å². The summed E-state index contributed by atoms with van der Waals surface area (Å²) in [6.45, 7) is 0.486. The van der Waals surface area contributed by atoms with Crippen LogP contribution in [0.25, 0.3) is 0 Å². The lowest BCUT2D eigenvalue weighted by Crippen LogP contribution is -1.97. The van der Waals surface area contributed by atoms with Crippen molar-refractivity contribution in [1.29, 1.82) is 0 Å². The van der Waals surface area contributed by atoms with Crippen molar-refractivity contribution in [3.8, 4) is 0 Å². The molecule has 1 aromatic carbocycles. The molecule has 0 aliphatic rings. The Labute approximate surface area is 174 Å². The van der Waals surface area contributed by atoms with E-state index in [1.165, 1.54) is 11.1 Å². The van der Waals surface area contributed by atoms with Crippen molar-refractivity contribution < 1.29 is 10.2 Å². The lowest BCUT2D eigenvalue weighted by Gasteiger charge is -2.16. The van der Waals surface area contributed by atoms with E-state index in [1.807, 2.05) is 23.5 Å². The number of benzene rings is 1. The minimum Gasteiger partial charge on any atom is -0.396 e. The van der Waals surface area contributed by atoms with Crippen molar-refractivity contribution in [2.75, 3.05) is 24.7 Å². The Bertz CT molecular complexity index is 414. The molecule has 126 valence electrons. The summed E-state index contributed by atoms with van der Waals surface area (Å²) in [6, 6.07) is 0. The monoisotopic (exact) mass is 598 g/mol. The molecular weight excluding hydrogens is 584 g/mol. The lowest BCUT2D eigenvalue weighted by molar-refractivity contribution is 0.296. The van der Waals surface area contributed by atoms with Crippen LogP contribution < -0.4 is 0 Å². The molecule has 0 aliphatic carbocycles. The van der Waals surface area contributed by atoms with Gasteiger partial charge >= 0.3 is 0 Å². The summed E-state index contributed by atoms with van der Waals surface area (Å²) < 4.78 is 4.32. The van der Waals surface area contributed by atoms with Gasteiger partial charge in [-0.25, -0.2) is 0 Å². The molecule has 0 unspecified atom stereocenters. The largest absolute Gasteiger partial charge is 0.396 e. The molecule has 2 N–H and O–H groups in total. The quantitative estimate of drug-likeness (QED) is 0.256. The molecule has 0 saturated heterocycles. The first kappa shape index (κ1) is 21.8. The van der Waals surface area contributed by atoms with Gasteiger partial charge in [0, 0.05) is 42.6 Å². The van der Waals surface area contributed by atoms with Crippen LogP contribution in [0, 0.1) is 0 Å². The van der Waals surface area contributed by atoms with E-state index in [2.05, 4.69) is 63.7 Å². The van der Waals surface area contributed by atoms with Gasteiger partial charge in [0.2, 0.25) is 0 Å². The van der Waals surface area contributed by atoms with Gasteiger partial charge in [-0.1, -0.05) is 0 Å². The third kappa shape index (κ3) is 6.58. The summed E-state index contributed by atoms with van der Waals surface area (Å²) in [5.41, 5.74) is 2.43. The number of rotatable bonds is 10. The Morgan fingerprint density at radius 3 is 1.23 bits per heavy atom. The zero-order valence-electron chi connectivity index (χ0n) is 11.9. The molecule has 8 heteroatoms. The van der Waals surface area contributed by atoms with E-state index in [1.54, 1.807) is 0 Å². The molecule has 1 aromatic rings. The molecule has 0 aliphatic heterocycles. The van der Waals surface area contributed by atoms with Gasteiger partial charge in [-0.05, 0) is 99.2 Å². The maximum absolute atomic E-state index is 8.85. The number of hydrogen-bond donors (Lipinski definition) is 2. The van der Waals surface area contributed by atoms with Crippen LogP contribution in [-0.4, -0.2) is 34.9 Å². The van der Waals surface area contributed by atoms with Crippen LogP contribution in [0.3, 0.4) is 0 Å². The van der Waals surface area contributed by atoms with Gasteiger partial charge in [-0.15, -0.1) is 0 Å². The highest BCUT2D eigenvalue weighted by Gasteiger charge is 2.18. The minimum atomic E-state index is 0.243. The fourth-order valence-electron chi connectivity index (χ4n) is 1.66. The summed E-state index contributed by atoms with van der Waals surface area (Å²) in [6.07, 6.45) is 1.64. The van der Waals surface area contributed by atoms with Crippen LogP contribution in [0.15, 0.2) is 17.9 Å². The summed E-state index contributed by atoms with van der Waals surface area (Å²) in [5.74, 6) is 3.67. The molecule has 0 saturated carbocycles. The van der Waals surface area contributed by atoms with E-state index in [0.717, 1.165) is 53.7 Å². The third-order valence-corrected chi connectivity index (χ3v) is 9.54. The first-order valence-electron chi connectivity index (χ1n) is 6.75. The van der Waals surface area contributed by atoms with E-state index in [-0.39, 0.29) is 13.2 Å². The predicted octanol–water partition coefficient (Wildman–Crippen LogP) is 5.97. The molecule has 0 aromatic heterocycles. The SMILES string of the molecule is OCCCSCc1c(Br)c(Br)c(CSCCCO)c(Br)c1Br. The maximum Gasteiger partial charge on any atom is 0.0438 e. The van der Waals surface area contributed by atoms with Crippen LogP contribution in [-0.2, 0) is 11.5 Å². The molecule has 0 fully saturated rings. The van der Waals surface area contributed by atoms with Crippen LogP contribution in [0.5, 0.6) is 0 Å². The van der Waals surface area contributed by atoms with E-state index < -0.39 is 0 Å². The van der Waals surface area contributed by atoms with E-state index >= 15 is 0 Å². The van der Waals surface area contributed by atoms with E-state index in [0.29, 0.717) is 0 Å². The molecule has 0 heterocycles. The molecule has 0 bridgehead atoms. The Kier molecular flexibility index (Phi) is 12.1. The highest BCUT2D eigenvalue weighted by Crippen LogP contribution is 2.44. The summed E-state index contributed by atoms with van der Waals surface area (Å²) in [7, 11) is 0. The van der Waals surface area contributed by atoms with Crippen molar-refractivity contribution in [1.82, 2.24) is 0 Å². The topological polar surface area (TPSA) is 40.5 Å². The van der Waals surface area contributed by atoms with Crippen molar-refractivity contribution in [3.05, 3.63) is 29.0 Å². The minimum absolute atomic E-state index is 0.243. The zero-order valence-corrected chi connectivity index (χ0v) is 19.9. The van der Waals surface area contributed by atoms with Crippen LogP contribution >= 0.6 is 87.2 Å². The van der Waals surface area contributed by atoms with Gasteiger partial charge in [-0.2, -0.15) is 23.5 Å². The fourth-order valence-corrected chi connectivity index (χ4v) is 7.18. The van der Waals surface area contributed by atoms with E-state index in [9.17, 15) is 0 Å². The Morgan fingerprint density at radius 2 is 0.955 bits per heavy atom. The normalized spacial score (nSPS) is 11.2. The van der Waals surface area contributed by atoms with E-state index in [4.69, 9.17) is 10.2 Å². The summed E-state index contributed by atoms with van der Waals surface area (Å²) in [4.78, 5) is 0. The Hall–Kier alpha value is 1.76. The number of halogens is 4. The van der Waals surface area contributed by atoms with Crippen molar-refractivity contribution >= 4 is 87.2 Å². The number of aliphatic hydroxyl groups excluding tert-OH is 2. The smallest absolute Gasteiger partial charge is 0.0438 e. The van der Waals surface area contributed by atoms with Crippen LogP contribution in [0.2, 0.25) is 0 Å². The van der Waals surface area contributed by atoms with Gasteiger partial charge in [0.1, 0.15) is 0 Å². The van der Waals surface area contributed by atoms with Crippen LogP contribution in [0.4, 0.5) is 0 Å². The second kappa shape index (κ2) is 12.2. The van der Waals surface area contributed by atoms with Gasteiger partial charge in [0.25, 0.3) is 0 Å². The lowest BCUT2D eigenvalue weighted by atomic mass is 10.2. The van der Waals surface area contributed by atoms with Gasteiger partial charge in [0.05, 0.1) is 0 Å². The molecule has 22 heavy (non-hydrogen) atoms. The standard InChI is InChI=1S/C14H18Br4O2S2/c15-11-9(7-21-5-1-3-19)12(16)14(18)10(13(11)17)8-22-6-2-4-20/h19-20H,1-8H2. The van der Waals surface area contributed by atoms with Crippen LogP contribution in [0.1, 0.15) is 24.0 Å². The summed E-state index contributed by atoms with van der Waals surface area (Å²) >= 11 is 18.4. The van der Waals surface area contributed by atoms with Crippen molar-refractivity contribution in [2.24, 2.45) is 0 Å². The second-order valence-electron chi connectivity index (χ2n) is 4.47. The highest BCUT2D eigenvalue weighted by atomic mass is 79.9. The second-order valence-corrected chi connectivity index (χ2v) is 9.85. The third-order valence-electron chi connectivity index (χ3n) is 2.83. The van der Waals surface area contributed by atoms with Gasteiger partial charge < -0.3 is 10.2 Å². The number of thioether (sulfide) groups is 2. The predicted molar refractivity (Wildman–Crippen MR) is 113 cm³/mol. The fraction of sp³-hybridized carbons (Fsp3) is 0.571. The average molecular weight is 602 g/mol. The molecular formula is C14H18Br4O2S2. The van der Waals surface area contributed by atoms with Gasteiger partial charge in [0.15, 0.2) is 0 Å². The maximum atomic E-state index is 8.85. The Morgan fingerprint density at radius 1 is 0.636 bits per heavy atom. The van der Waals surface area contributed by atoms with Gasteiger partial charge in [-0.3, -0.25) is 0 Å². The zero-order chi connectivity index (χ0) is 16.5. The number of hydrogen-bond acceptors (Lipinski definition) is 4. The molecule has 0 amide bonds. The molecule has 0 atom stereocenters. The summed E-state index contributed by atoms with van der Waals surface area (Å²) in [5, 5.41) is 17.7. The molecule has 1 rings (SSSR count). The first-order valence-corrected chi connectivity index (χ1v) is 12.2.